The minimum absolute atomic E-state index is 0.0116. The normalized spacial score (nSPS) is 11.4. The van der Waals surface area contributed by atoms with E-state index in [0.29, 0.717) is 34.1 Å². The van der Waals surface area contributed by atoms with Gasteiger partial charge in [0.15, 0.2) is 6.29 Å². The molecule has 48 heavy (non-hydrogen) atoms. The van der Waals surface area contributed by atoms with E-state index in [-0.39, 0.29) is 58.8 Å². The molecule has 0 aliphatic carbocycles. The fourth-order valence-corrected chi connectivity index (χ4v) is 5.71. The average molecular weight is 672 g/mol. The highest BCUT2D eigenvalue weighted by Gasteiger charge is 2.29. The van der Waals surface area contributed by atoms with E-state index in [2.05, 4.69) is 16.0 Å². The number of hydrogen-bond donors (Lipinski definition) is 7. The Balaban J connectivity index is 2.45. The van der Waals surface area contributed by atoms with E-state index in [9.17, 15) is 49.2 Å². The number of amides is 5. The number of anilines is 2. The number of carbonyl (C=O) groups is 6. The van der Waals surface area contributed by atoms with E-state index in [4.69, 9.17) is 0 Å². The van der Waals surface area contributed by atoms with Gasteiger partial charge in [-0.2, -0.15) is 0 Å². The molecule has 0 saturated carbocycles. The third kappa shape index (κ3) is 8.41. The number of nitrogens with one attached hydrogen (secondary N) is 3. The Morgan fingerprint density at radius 1 is 0.688 bits per heavy atom. The number of benzene rings is 2. The quantitative estimate of drug-likeness (QED) is 0.134. The van der Waals surface area contributed by atoms with Crippen molar-refractivity contribution < 1.29 is 49.2 Å². The number of aliphatic hydroxyl groups is 4. The van der Waals surface area contributed by atoms with Crippen molar-refractivity contribution in [2.45, 2.75) is 47.6 Å². The van der Waals surface area contributed by atoms with Crippen LogP contribution in [0.1, 0.15) is 74.8 Å². The Hall–Kier alpha value is -4.70. The summed E-state index contributed by atoms with van der Waals surface area (Å²) in [5.74, 6) is -3.16. The topological polar surface area (TPSA) is 226 Å². The largest absolute Gasteiger partial charge is 0.394 e. The molecule has 0 aliphatic rings. The van der Waals surface area contributed by atoms with Crippen molar-refractivity contribution in [1.82, 2.24) is 15.1 Å². The van der Waals surface area contributed by atoms with Gasteiger partial charge in [-0.15, -0.1) is 0 Å². The van der Waals surface area contributed by atoms with Crippen LogP contribution in [0.15, 0.2) is 0 Å². The molecule has 15 nitrogen and oxygen atoms in total. The number of carbonyl (C=O) groups excluding carboxylic acids is 6. The Morgan fingerprint density at radius 3 is 1.62 bits per heavy atom. The summed E-state index contributed by atoms with van der Waals surface area (Å²) in [6, 6.07) is 0. The molecule has 2 aromatic carbocycles. The fraction of sp³-hybridized carbons (Fsp3) is 0.455. The van der Waals surface area contributed by atoms with Crippen LogP contribution in [0.2, 0.25) is 0 Å². The molecule has 1 unspecified atom stereocenters. The maximum atomic E-state index is 13.6. The van der Waals surface area contributed by atoms with Gasteiger partial charge < -0.3 is 46.2 Å². The van der Waals surface area contributed by atoms with Crippen LogP contribution in [0.25, 0.3) is 0 Å². The van der Waals surface area contributed by atoms with Gasteiger partial charge in [-0.1, -0.05) is 0 Å². The standard InChI is InChI=1S/C33H45N5O10/c1-16-23(13-40)17(2)29(35-24(44)14-41)20(5)27(16)32(47)37(7)10-9-34-31(46)26-18(3)28(33(48)38(8)11-22(43)12-39)21(6)30(19(26)4)36-25(45)15-42/h13,22,39,41-43H,9-12,14-15H2,1-8H3,(H,34,46)(H,35,44)(H,36,45). The first-order valence-corrected chi connectivity index (χ1v) is 15.1. The maximum Gasteiger partial charge on any atom is 0.254 e. The van der Waals surface area contributed by atoms with E-state index < -0.39 is 55.5 Å². The number of aldehydes is 1. The summed E-state index contributed by atoms with van der Waals surface area (Å²) in [4.78, 5) is 79.3. The van der Waals surface area contributed by atoms with Gasteiger partial charge in [0.25, 0.3) is 17.7 Å². The van der Waals surface area contributed by atoms with Crippen LogP contribution in [-0.2, 0) is 9.59 Å². The molecule has 0 aromatic heterocycles. The molecule has 262 valence electrons. The van der Waals surface area contributed by atoms with Crippen molar-refractivity contribution in [3.63, 3.8) is 0 Å². The van der Waals surface area contributed by atoms with E-state index in [1.54, 1.807) is 41.5 Å². The lowest BCUT2D eigenvalue weighted by Gasteiger charge is -2.26. The summed E-state index contributed by atoms with van der Waals surface area (Å²) in [5, 5.41) is 45.5. The van der Waals surface area contributed by atoms with Gasteiger partial charge in [0.05, 0.1) is 12.7 Å². The molecule has 5 amide bonds. The molecule has 15 heteroatoms. The second-order valence-electron chi connectivity index (χ2n) is 11.6. The first-order chi connectivity index (χ1) is 22.5. The minimum Gasteiger partial charge on any atom is -0.394 e. The molecular formula is C33H45N5O10. The molecule has 2 aromatic rings. The molecule has 1 atom stereocenters. The third-order valence-corrected chi connectivity index (χ3v) is 8.27. The molecule has 2 rings (SSSR count). The molecule has 7 N–H and O–H groups in total. The Labute approximate surface area is 278 Å². The Kier molecular flexibility index (Phi) is 13.9. The van der Waals surface area contributed by atoms with Gasteiger partial charge in [0, 0.05) is 67.4 Å². The SMILES string of the molecule is Cc1c(C=O)c(C)c(C(=O)N(C)CCNC(=O)c2c(C)c(NC(=O)CO)c(C)c(C(=O)N(C)CC(O)CO)c2C)c(C)c1NC(=O)CO. The van der Waals surface area contributed by atoms with E-state index >= 15 is 0 Å². The van der Waals surface area contributed by atoms with Crippen LogP contribution in [0.3, 0.4) is 0 Å². The Bertz CT molecular complexity index is 1620. The van der Waals surface area contributed by atoms with E-state index in [1.165, 1.54) is 23.9 Å². The summed E-state index contributed by atoms with van der Waals surface area (Å²) >= 11 is 0. The smallest absolute Gasteiger partial charge is 0.254 e. The molecular weight excluding hydrogens is 626 g/mol. The monoisotopic (exact) mass is 671 g/mol. The van der Waals surface area contributed by atoms with E-state index in [0.717, 1.165) is 0 Å². The van der Waals surface area contributed by atoms with Crippen molar-refractivity contribution in [2.75, 3.05) is 64.2 Å². The molecule has 0 heterocycles. The predicted molar refractivity (Wildman–Crippen MR) is 177 cm³/mol. The minimum atomic E-state index is -1.20. The van der Waals surface area contributed by atoms with E-state index in [1.807, 2.05) is 0 Å². The second kappa shape index (κ2) is 16.9. The first kappa shape index (κ1) is 39.5. The third-order valence-electron chi connectivity index (χ3n) is 8.27. The lowest BCUT2D eigenvalue weighted by Crippen LogP contribution is -2.38. The summed E-state index contributed by atoms with van der Waals surface area (Å²) in [7, 11) is 2.91. The maximum absolute atomic E-state index is 13.6. The molecule has 0 saturated heterocycles. The molecule has 0 radical (unpaired) electrons. The van der Waals surface area contributed by atoms with Crippen LogP contribution in [0.4, 0.5) is 11.4 Å². The number of nitrogens with zero attached hydrogens (tertiary/aromatic N) is 2. The van der Waals surface area contributed by atoms with Crippen LogP contribution >= 0.6 is 0 Å². The highest BCUT2D eigenvalue weighted by atomic mass is 16.3. The average Bonchev–Trinajstić information content (AvgIpc) is 3.04. The summed E-state index contributed by atoms with van der Waals surface area (Å²) in [5.41, 5.74) is 3.13. The van der Waals surface area contributed by atoms with Crippen LogP contribution in [-0.4, -0.2) is 126 Å². The van der Waals surface area contributed by atoms with Crippen molar-refractivity contribution in [3.05, 3.63) is 55.6 Å². The molecule has 0 aliphatic heterocycles. The van der Waals surface area contributed by atoms with Crippen LogP contribution in [0, 0.1) is 41.5 Å². The van der Waals surface area contributed by atoms with Gasteiger partial charge in [-0.25, -0.2) is 0 Å². The summed E-state index contributed by atoms with van der Waals surface area (Å²) < 4.78 is 0. The van der Waals surface area contributed by atoms with Crippen molar-refractivity contribution in [1.29, 1.82) is 0 Å². The predicted octanol–water partition coefficient (Wildman–Crippen LogP) is 0.138. The van der Waals surface area contributed by atoms with Gasteiger partial charge in [-0.3, -0.25) is 28.8 Å². The molecule has 0 bridgehead atoms. The number of rotatable bonds is 14. The van der Waals surface area contributed by atoms with Gasteiger partial charge in [0.1, 0.15) is 13.2 Å². The van der Waals surface area contributed by atoms with Gasteiger partial charge in [-0.05, 0) is 74.9 Å². The summed E-state index contributed by atoms with van der Waals surface area (Å²) in [6.07, 6.45) is -0.616. The van der Waals surface area contributed by atoms with Gasteiger partial charge >= 0.3 is 0 Å². The zero-order valence-electron chi connectivity index (χ0n) is 28.5. The van der Waals surface area contributed by atoms with Crippen LogP contribution < -0.4 is 16.0 Å². The van der Waals surface area contributed by atoms with Gasteiger partial charge in [0.2, 0.25) is 11.8 Å². The fourth-order valence-electron chi connectivity index (χ4n) is 5.71. The first-order valence-electron chi connectivity index (χ1n) is 15.1. The number of aliphatic hydroxyl groups excluding tert-OH is 4. The lowest BCUT2D eigenvalue weighted by molar-refractivity contribution is -0.119. The second-order valence-corrected chi connectivity index (χ2v) is 11.6. The molecule has 0 spiro atoms. The Morgan fingerprint density at radius 2 is 1.15 bits per heavy atom. The highest BCUT2D eigenvalue weighted by molar-refractivity contribution is 6.08. The van der Waals surface area contributed by atoms with Crippen molar-refractivity contribution in [3.8, 4) is 0 Å². The summed E-state index contributed by atoms with van der Waals surface area (Å²) in [6.45, 7) is 7.11. The number of hydrogen-bond acceptors (Lipinski definition) is 10. The zero-order valence-corrected chi connectivity index (χ0v) is 28.5. The zero-order chi connectivity index (χ0) is 36.6. The highest BCUT2D eigenvalue weighted by Crippen LogP contribution is 2.33. The van der Waals surface area contributed by atoms with Crippen LogP contribution in [0.5, 0.6) is 0 Å². The lowest BCUT2D eigenvalue weighted by atomic mass is 9.89. The van der Waals surface area contributed by atoms with Crippen molar-refractivity contribution in [2.24, 2.45) is 0 Å². The van der Waals surface area contributed by atoms with Crippen molar-refractivity contribution >= 4 is 47.2 Å². The molecule has 0 fully saturated rings. The number of likely N-dealkylation sites (N-methyl/N-ethyl adjacent to an activating group) is 2.